The van der Waals surface area contributed by atoms with Gasteiger partial charge >= 0.3 is 0 Å². The van der Waals surface area contributed by atoms with Crippen LogP contribution in [0, 0.1) is 5.92 Å². The summed E-state index contributed by atoms with van der Waals surface area (Å²) in [5, 5.41) is 0. The molecule has 4 heteroatoms. The summed E-state index contributed by atoms with van der Waals surface area (Å²) in [6.07, 6.45) is 6.96. The Hall–Kier alpha value is -1.42. The highest BCUT2D eigenvalue weighted by Crippen LogP contribution is 2.17. The minimum atomic E-state index is 0.0970. The van der Waals surface area contributed by atoms with Gasteiger partial charge in [-0.15, -0.1) is 0 Å². The first kappa shape index (κ1) is 16.0. The predicted molar refractivity (Wildman–Crippen MR) is 85.0 cm³/mol. The lowest BCUT2D eigenvalue weighted by Crippen LogP contribution is -2.47. The first-order valence-corrected chi connectivity index (χ1v) is 7.96. The quantitative estimate of drug-likeness (QED) is 0.834. The highest BCUT2D eigenvalue weighted by molar-refractivity contribution is 5.78. The molecule has 0 atom stereocenters. The number of amides is 1. The zero-order chi connectivity index (χ0) is 15.2. The van der Waals surface area contributed by atoms with E-state index in [1.54, 1.807) is 0 Å². The van der Waals surface area contributed by atoms with E-state index in [2.05, 4.69) is 22.0 Å². The number of carbonyl (C=O) groups is 1. The van der Waals surface area contributed by atoms with Crippen molar-refractivity contribution in [2.45, 2.75) is 39.2 Å². The summed E-state index contributed by atoms with van der Waals surface area (Å²) in [4.78, 5) is 20.6. The molecule has 1 aromatic heterocycles. The average molecular weight is 289 g/mol. The number of carbonyl (C=O) groups excluding carboxylic acids is 1. The van der Waals surface area contributed by atoms with Crippen LogP contribution >= 0.6 is 0 Å². The van der Waals surface area contributed by atoms with Gasteiger partial charge in [-0.3, -0.25) is 9.78 Å². The van der Waals surface area contributed by atoms with Gasteiger partial charge in [0, 0.05) is 51.0 Å². The summed E-state index contributed by atoms with van der Waals surface area (Å²) in [5.74, 6) is 0.366. The Morgan fingerprint density at radius 1 is 1.33 bits per heavy atom. The first-order valence-electron chi connectivity index (χ1n) is 7.96. The van der Waals surface area contributed by atoms with Crippen LogP contribution in [0.2, 0.25) is 0 Å². The lowest BCUT2D eigenvalue weighted by Gasteiger charge is -2.37. The van der Waals surface area contributed by atoms with E-state index in [-0.39, 0.29) is 11.8 Å². The van der Waals surface area contributed by atoms with E-state index in [9.17, 15) is 4.79 Å². The van der Waals surface area contributed by atoms with Crippen LogP contribution in [0.25, 0.3) is 0 Å². The van der Waals surface area contributed by atoms with E-state index < -0.39 is 0 Å². The second-order valence-corrected chi connectivity index (χ2v) is 6.28. The molecule has 0 aromatic carbocycles. The van der Waals surface area contributed by atoms with Crippen molar-refractivity contribution in [1.82, 2.24) is 14.8 Å². The molecule has 0 bridgehead atoms. The van der Waals surface area contributed by atoms with Crippen molar-refractivity contribution in [3.05, 3.63) is 30.1 Å². The van der Waals surface area contributed by atoms with Gasteiger partial charge in [0.05, 0.1) is 0 Å². The molecule has 0 unspecified atom stereocenters. The maximum absolute atomic E-state index is 12.0. The number of rotatable bonds is 5. The van der Waals surface area contributed by atoms with Gasteiger partial charge in [-0.25, -0.2) is 0 Å². The Kier molecular flexibility index (Phi) is 5.74. The molecular formula is C17H27N3O. The molecule has 0 N–H and O–H groups in total. The Labute approximate surface area is 128 Å². The molecular weight excluding hydrogens is 262 g/mol. The molecule has 0 radical (unpaired) electrons. The average Bonchev–Trinajstić information content (AvgIpc) is 2.53. The zero-order valence-electron chi connectivity index (χ0n) is 13.5. The summed E-state index contributed by atoms with van der Waals surface area (Å²) in [5.41, 5.74) is 1.35. The van der Waals surface area contributed by atoms with Gasteiger partial charge in [-0.2, -0.15) is 0 Å². The van der Waals surface area contributed by atoms with Crippen molar-refractivity contribution in [2.75, 3.05) is 26.7 Å². The standard InChI is InChI=1S/C17H27N3O/c1-14(2)17(21)19(3)16-7-12-20(13-8-16)11-6-15-4-9-18-10-5-15/h4-5,9-10,14,16H,6-8,11-13H2,1-3H3. The Bertz CT molecular complexity index is 439. The predicted octanol–water partition coefficient (Wildman–Crippen LogP) is 2.20. The van der Waals surface area contributed by atoms with Crippen molar-refractivity contribution < 1.29 is 4.79 Å². The van der Waals surface area contributed by atoms with Gasteiger partial charge in [0.1, 0.15) is 0 Å². The van der Waals surface area contributed by atoms with E-state index in [1.165, 1.54) is 5.56 Å². The molecule has 0 aliphatic carbocycles. The number of nitrogens with zero attached hydrogens (tertiary/aromatic N) is 3. The van der Waals surface area contributed by atoms with Crippen molar-refractivity contribution in [2.24, 2.45) is 5.92 Å². The molecule has 1 saturated heterocycles. The highest BCUT2D eigenvalue weighted by Gasteiger charge is 2.26. The van der Waals surface area contributed by atoms with E-state index >= 15 is 0 Å². The molecule has 21 heavy (non-hydrogen) atoms. The molecule has 1 aliphatic heterocycles. The van der Waals surface area contributed by atoms with Crippen LogP contribution in [-0.4, -0.2) is 53.4 Å². The lowest BCUT2D eigenvalue weighted by atomic mass is 10.0. The third-order valence-corrected chi connectivity index (χ3v) is 4.41. The Morgan fingerprint density at radius 2 is 1.95 bits per heavy atom. The second-order valence-electron chi connectivity index (χ2n) is 6.28. The van der Waals surface area contributed by atoms with Gasteiger partial charge in [-0.1, -0.05) is 13.8 Å². The van der Waals surface area contributed by atoms with E-state index in [0.717, 1.165) is 38.9 Å². The SMILES string of the molecule is CC(C)C(=O)N(C)C1CCN(CCc2ccncc2)CC1. The third-order valence-electron chi connectivity index (χ3n) is 4.41. The highest BCUT2D eigenvalue weighted by atomic mass is 16.2. The molecule has 1 fully saturated rings. The molecule has 1 aromatic rings. The molecule has 2 rings (SSSR count). The van der Waals surface area contributed by atoms with E-state index in [1.807, 2.05) is 38.2 Å². The number of piperidine rings is 1. The van der Waals surface area contributed by atoms with Crippen LogP contribution in [0.4, 0.5) is 0 Å². The van der Waals surface area contributed by atoms with Gasteiger partial charge in [0.15, 0.2) is 0 Å². The normalized spacial score (nSPS) is 17.1. The second kappa shape index (κ2) is 7.55. The summed E-state index contributed by atoms with van der Waals surface area (Å²) < 4.78 is 0. The summed E-state index contributed by atoms with van der Waals surface area (Å²) in [7, 11) is 1.96. The number of hydrogen-bond donors (Lipinski definition) is 0. The molecule has 4 nitrogen and oxygen atoms in total. The van der Waals surface area contributed by atoms with Gasteiger partial charge in [-0.05, 0) is 37.0 Å². The van der Waals surface area contributed by atoms with Crippen molar-refractivity contribution >= 4 is 5.91 Å². The smallest absolute Gasteiger partial charge is 0.225 e. The molecule has 1 aliphatic rings. The monoisotopic (exact) mass is 289 g/mol. The molecule has 116 valence electrons. The summed E-state index contributed by atoms with van der Waals surface area (Å²) in [6.45, 7) is 7.22. The number of pyridine rings is 1. The minimum Gasteiger partial charge on any atom is -0.342 e. The van der Waals surface area contributed by atoms with Crippen molar-refractivity contribution in [3.63, 3.8) is 0 Å². The maximum atomic E-state index is 12.0. The molecule has 1 amide bonds. The van der Waals surface area contributed by atoms with E-state index in [0.29, 0.717) is 6.04 Å². The maximum Gasteiger partial charge on any atom is 0.225 e. The van der Waals surface area contributed by atoms with Crippen LogP contribution in [0.5, 0.6) is 0 Å². The van der Waals surface area contributed by atoms with Crippen LogP contribution < -0.4 is 0 Å². The molecule has 0 saturated carbocycles. The van der Waals surface area contributed by atoms with Crippen LogP contribution in [0.3, 0.4) is 0 Å². The fourth-order valence-electron chi connectivity index (χ4n) is 2.95. The first-order chi connectivity index (χ1) is 10.1. The molecule has 2 heterocycles. The number of aromatic nitrogens is 1. The van der Waals surface area contributed by atoms with Gasteiger partial charge in [0.2, 0.25) is 5.91 Å². The number of hydrogen-bond acceptors (Lipinski definition) is 3. The summed E-state index contributed by atoms with van der Waals surface area (Å²) >= 11 is 0. The largest absolute Gasteiger partial charge is 0.342 e. The van der Waals surface area contributed by atoms with Crippen LogP contribution in [0.15, 0.2) is 24.5 Å². The summed E-state index contributed by atoms with van der Waals surface area (Å²) in [6, 6.07) is 4.58. The Balaban J connectivity index is 1.74. The fraction of sp³-hybridized carbons (Fsp3) is 0.647. The van der Waals surface area contributed by atoms with Crippen molar-refractivity contribution in [1.29, 1.82) is 0 Å². The van der Waals surface area contributed by atoms with Gasteiger partial charge < -0.3 is 9.80 Å². The minimum absolute atomic E-state index is 0.0970. The van der Waals surface area contributed by atoms with Crippen LogP contribution in [0.1, 0.15) is 32.3 Å². The van der Waals surface area contributed by atoms with E-state index in [4.69, 9.17) is 0 Å². The third kappa shape index (κ3) is 4.53. The Morgan fingerprint density at radius 3 is 2.52 bits per heavy atom. The van der Waals surface area contributed by atoms with Crippen molar-refractivity contribution in [3.8, 4) is 0 Å². The fourth-order valence-corrected chi connectivity index (χ4v) is 2.95. The number of likely N-dealkylation sites (tertiary alicyclic amines) is 1. The van der Waals surface area contributed by atoms with Crippen LogP contribution in [-0.2, 0) is 11.2 Å². The lowest BCUT2D eigenvalue weighted by molar-refractivity contribution is -0.136. The topological polar surface area (TPSA) is 36.4 Å². The van der Waals surface area contributed by atoms with Gasteiger partial charge in [0.25, 0.3) is 0 Å². The zero-order valence-corrected chi connectivity index (χ0v) is 13.5. The molecule has 0 spiro atoms.